The standard InChI is InChI=1S/C9H6Cl2N2O2/c10-5-1-2-7(6(11)3-5)13-8(14)4-12-9(13)15/h1-3H,4H2,(H,12,15). The van der Waals surface area contributed by atoms with Crippen LogP contribution in [0.3, 0.4) is 0 Å². The molecule has 4 nitrogen and oxygen atoms in total. The van der Waals surface area contributed by atoms with Crippen LogP contribution in [0, 0.1) is 0 Å². The summed E-state index contributed by atoms with van der Waals surface area (Å²) < 4.78 is 0. The van der Waals surface area contributed by atoms with Gasteiger partial charge in [-0.05, 0) is 18.2 Å². The quantitative estimate of drug-likeness (QED) is 0.769. The van der Waals surface area contributed by atoms with E-state index in [1.807, 2.05) is 0 Å². The molecule has 0 radical (unpaired) electrons. The number of carbonyl (C=O) groups is 2. The first-order valence-corrected chi connectivity index (χ1v) is 4.91. The molecular formula is C9H6Cl2N2O2. The lowest BCUT2D eigenvalue weighted by Crippen LogP contribution is -2.30. The van der Waals surface area contributed by atoms with Crippen LogP contribution < -0.4 is 10.2 Å². The monoisotopic (exact) mass is 244 g/mol. The maximum Gasteiger partial charge on any atom is 0.329 e. The Morgan fingerprint density at radius 3 is 2.53 bits per heavy atom. The zero-order valence-corrected chi connectivity index (χ0v) is 8.97. The van der Waals surface area contributed by atoms with Gasteiger partial charge >= 0.3 is 6.03 Å². The Balaban J connectivity index is 2.45. The highest BCUT2D eigenvalue weighted by molar-refractivity contribution is 6.38. The Morgan fingerprint density at radius 1 is 1.27 bits per heavy atom. The predicted octanol–water partition coefficient (Wildman–Crippen LogP) is 2.05. The fourth-order valence-electron chi connectivity index (χ4n) is 1.33. The van der Waals surface area contributed by atoms with Crippen LogP contribution in [0.15, 0.2) is 18.2 Å². The normalized spacial score (nSPS) is 15.7. The van der Waals surface area contributed by atoms with Gasteiger partial charge in [0.1, 0.15) is 0 Å². The van der Waals surface area contributed by atoms with E-state index >= 15 is 0 Å². The Bertz CT molecular complexity index is 432. The Hall–Kier alpha value is -1.26. The van der Waals surface area contributed by atoms with Crippen molar-refractivity contribution in [1.82, 2.24) is 5.32 Å². The van der Waals surface area contributed by atoms with E-state index in [1.165, 1.54) is 12.1 Å². The number of rotatable bonds is 1. The van der Waals surface area contributed by atoms with Crippen molar-refractivity contribution in [2.24, 2.45) is 0 Å². The van der Waals surface area contributed by atoms with Gasteiger partial charge in [0, 0.05) is 5.02 Å². The molecule has 1 heterocycles. The molecule has 1 aliphatic rings. The highest BCUT2D eigenvalue weighted by Gasteiger charge is 2.31. The Morgan fingerprint density at radius 2 is 2.00 bits per heavy atom. The lowest BCUT2D eigenvalue weighted by atomic mass is 10.3. The number of nitrogens with one attached hydrogen (secondary N) is 1. The van der Waals surface area contributed by atoms with Gasteiger partial charge in [0.25, 0.3) is 5.91 Å². The molecule has 0 unspecified atom stereocenters. The number of hydrogen-bond acceptors (Lipinski definition) is 2. The highest BCUT2D eigenvalue weighted by Crippen LogP contribution is 2.29. The summed E-state index contributed by atoms with van der Waals surface area (Å²) in [4.78, 5) is 23.7. The van der Waals surface area contributed by atoms with Crippen LogP contribution in [0.5, 0.6) is 0 Å². The van der Waals surface area contributed by atoms with E-state index in [0.29, 0.717) is 10.7 Å². The van der Waals surface area contributed by atoms with Gasteiger partial charge in [-0.1, -0.05) is 23.2 Å². The molecule has 0 atom stereocenters. The summed E-state index contributed by atoms with van der Waals surface area (Å²) in [7, 11) is 0. The molecule has 3 amide bonds. The van der Waals surface area contributed by atoms with Crippen molar-refractivity contribution in [2.75, 3.05) is 11.4 Å². The van der Waals surface area contributed by atoms with Gasteiger partial charge in [-0.3, -0.25) is 4.79 Å². The number of urea groups is 1. The maximum absolute atomic E-state index is 11.4. The van der Waals surface area contributed by atoms with E-state index in [2.05, 4.69) is 5.32 Å². The smallest absolute Gasteiger partial charge is 0.328 e. The van der Waals surface area contributed by atoms with Crippen molar-refractivity contribution >= 4 is 40.8 Å². The molecule has 6 heteroatoms. The molecular weight excluding hydrogens is 239 g/mol. The molecule has 0 spiro atoms. The van der Waals surface area contributed by atoms with Crippen molar-refractivity contribution in [3.05, 3.63) is 28.2 Å². The number of benzene rings is 1. The van der Waals surface area contributed by atoms with E-state index < -0.39 is 6.03 Å². The number of anilines is 1. The second-order valence-corrected chi connectivity index (χ2v) is 3.83. The molecule has 1 aliphatic heterocycles. The van der Waals surface area contributed by atoms with E-state index in [0.717, 1.165) is 4.90 Å². The van der Waals surface area contributed by atoms with Crippen LogP contribution in [0.25, 0.3) is 0 Å². The molecule has 1 fully saturated rings. The van der Waals surface area contributed by atoms with Crippen LogP contribution in [0.4, 0.5) is 10.5 Å². The van der Waals surface area contributed by atoms with Gasteiger partial charge in [-0.2, -0.15) is 0 Å². The summed E-state index contributed by atoms with van der Waals surface area (Å²) in [5, 5.41) is 3.13. The minimum atomic E-state index is -0.468. The summed E-state index contributed by atoms with van der Waals surface area (Å²) in [6.45, 7) is -0.00219. The minimum Gasteiger partial charge on any atom is -0.328 e. The fourth-order valence-corrected chi connectivity index (χ4v) is 1.82. The second-order valence-electron chi connectivity index (χ2n) is 2.98. The third kappa shape index (κ3) is 1.78. The molecule has 78 valence electrons. The topological polar surface area (TPSA) is 49.4 Å². The second kappa shape index (κ2) is 3.72. The number of nitrogens with zero attached hydrogens (tertiary/aromatic N) is 1. The summed E-state index contributed by atoms with van der Waals surface area (Å²) in [6.07, 6.45) is 0. The molecule has 1 aromatic carbocycles. The van der Waals surface area contributed by atoms with E-state index in [1.54, 1.807) is 6.07 Å². The molecule has 0 bridgehead atoms. The van der Waals surface area contributed by atoms with Crippen molar-refractivity contribution in [3.63, 3.8) is 0 Å². The van der Waals surface area contributed by atoms with Gasteiger partial charge in [0.2, 0.25) is 0 Å². The van der Waals surface area contributed by atoms with Crippen molar-refractivity contribution in [2.45, 2.75) is 0 Å². The van der Waals surface area contributed by atoms with Crippen LogP contribution in [-0.2, 0) is 4.79 Å². The van der Waals surface area contributed by atoms with Gasteiger partial charge in [0.15, 0.2) is 0 Å². The molecule has 0 aliphatic carbocycles. The number of amides is 3. The maximum atomic E-state index is 11.4. The minimum absolute atomic E-state index is 0.00219. The largest absolute Gasteiger partial charge is 0.329 e. The number of halogens is 2. The predicted molar refractivity (Wildman–Crippen MR) is 57.3 cm³/mol. The summed E-state index contributed by atoms with van der Waals surface area (Å²) >= 11 is 11.6. The zero-order valence-electron chi connectivity index (χ0n) is 7.46. The first-order chi connectivity index (χ1) is 7.09. The lowest BCUT2D eigenvalue weighted by Gasteiger charge is -2.13. The fraction of sp³-hybridized carbons (Fsp3) is 0.111. The lowest BCUT2D eigenvalue weighted by molar-refractivity contribution is -0.115. The van der Waals surface area contributed by atoms with Gasteiger partial charge in [0.05, 0.1) is 17.3 Å². The zero-order chi connectivity index (χ0) is 11.0. The highest BCUT2D eigenvalue weighted by atomic mass is 35.5. The molecule has 2 rings (SSSR count). The first-order valence-electron chi connectivity index (χ1n) is 4.15. The molecule has 1 saturated heterocycles. The van der Waals surface area contributed by atoms with Crippen molar-refractivity contribution in [3.8, 4) is 0 Å². The van der Waals surface area contributed by atoms with E-state index in [9.17, 15) is 9.59 Å². The van der Waals surface area contributed by atoms with Crippen LogP contribution in [0.1, 0.15) is 0 Å². The summed E-state index contributed by atoms with van der Waals surface area (Å²) in [5.74, 6) is -0.329. The summed E-state index contributed by atoms with van der Waals surface area (Å²) in [5.41, 5.74) is 0.348. The number of carbonyl (C=O) groups excluding carboxylic acids is 2. The first kappa shape index (κ1) is 10.3. The van der Waals surface area contributed by atoms with Gasteiger partial charge in [-0.25, -0.2) is 9.69 Å². The third-order valence-corrected chi connectivity index (χ3v) is 2.53. The third-order valence-electron chi connectivity index (χ3n) is 1.99. The van der Waals surface area contributed by atoms with Crippen LogP contribution >= 0.6 is 23.2 Å². The summed E-state index contributed by atoms with van der Waals surface area (Å²) in [6, 6.07) is 4.12. The molecule has 1 N–H and O–H groups in total. The van der Waals surface area contributed by atoms with Crippen LogP contribution in [0.2, 0.25) is 10.0 Å². The van der Waals surface area contributed by atoms with E-state index in [-0.39, 0.29) is 17.5 Å². The van der Waals surface area contributed by atoms with Gasteiger partial charge < -0.3 is 5.32 Å². The average Bonchev–Trinajstić information content (AvgIpc) is 2.48. The average molecular weight is 245 g/mol. The van der Waals surface area contributed by atoms with Gasteiger partial charge in [-0.15, -0.1) is 0 Å². The Labute approximate surface area is 95.8 Å². The van der Waals surface area contributed by atoms with E-state index in [4.69, 9.17) is 23.2 Å². The van der Waals surface area contributed by atoms with Crippen molar-refractivity contribution < 1.29 is 9.59 Å². The molecule has 15 heavy (non-hydrogen) atoms. The number of imide groups is 1. The van der Waals surface area contributed by atoms with Crippen molar-refractivity contribution in [1.29, 1.82) is 0 Å². The molecule has 0 saturated carbocycles. The Kier molecular flexibility index (Phi) is 2.54. The molecule has 0 aromatic heterocycles. The number of hydrogen-bond donors (Lipinski definition) is 1. The molecule has 1 aromatic rings. The van der Waals surface area contributed by atoms with Crippen LogP contribution in [-0.4, -0.2) is 18.5 Å². The SMILES string of the molecule is O=C1CNC(=O)N1c1ccc(Cl)cc1Cl.